The van der Waals surface area contributed by atoms with Crippen molar-refractivity contribution in [3.05, 3.63) is 23.8 Å². The number of phenolic OH excluding ortho intramolecular Hbond substituents is 1. The highest BCUT2D eigenvalue weighted by atomic mass is 16.5. The van der Waals surface area contributed by atoms with Crippen molar-refractivity contribution in [2.75, 3.05) is 7.11 Å². The Morgan fingerprint density at radius 1 is 1.20 bits per heavy atom. The van der Waals surface area contributed by atoms with Crippen LogP contribution >= 0.6 is 0 Å². The minimum absolute atomic E-state index is 0.141. The Morgan fingerprint density at radius 3 is 2.55 bits per heavy atom. The van der Waals surface area contributed by atoms with Crippen molar-refractivity contribution < 1.29 is 9.84 Å². The van der Waals surface area contributed by atoms with Gasteiger partial charge in [-0.1, -0.05) is 38.7 Å². The Labute approximate surface area is 123 Å². The summed E-state index contributed by atoms with van der Waals surface area (Å²) in [7, 11) is 1.61. The molecule has 0 aliphatic rings. The molecule has 20 heavy (non-hydrogen) atoms. The third kappa shape index (κ3) is 5.41. The summed E-state index contributed by atoms with van der Waals surface area (Å²) in [5, 5.41) is 13.6. The number of ether oxygens (including phenoxy) is 1. The summed E-state index contributed by atoms with van der Waals surface area (Å²) < 4.78 is 5.11. The minimum Gasteiger partial charge on any atom is -0.507 e. The average Bonchev–Trinajstić information content (AvgIpc) is 2.43. The molecule has 2 atom stereocenters. The summed E-state index contributed by atoms with van der Waals surface area (Å²) >= 11 is 0. The van der Waals surface area contributed by atoms with Crippen molar-refractivity contribution in [1.29, 1.82) is 0 Å². The van der Waals surface area contributed by atoms with Crippen LogP contribution in [-0.4, -0.2) is 18.3 Å². The fourth-order valence-corrected chi connectivity index (χ4v) is 2.49. The van der Waals surface area contributed by atoms with E-state index in [0.717, 1.165) is 5.56 Å². The van der Waals surface area contributed by atoms with Gasteiger partial charge in [-0.3, -0.25) is 0 Å². The van der Waals surface area contributed by atoms with Crippen LogP contribution < -0.4 is 10.1 Å². The van der Waals surface area contributed by atoms with E-state index in [2.05, 4.69) is 26.1 Å². The van der Waals surface area contributed by atoms with E-state index in [4.69, 9.17) is 4.74 Å². The third-order valence-electron chi connectivity index (χ3n) is 3.73. The first kappa shape index (κ1) is 16.8. The van der Waals surface area contributed by atoms with Gasteiger partial charge in [-0.25, -0.2) is 0 Å². The highest BCUT2D eigenvalue weighted by Gasteiger charge is 2.13. The van der Waals surface area contributed by atoms with Gasteiger partial charge in [0.25, 0.3) is 0 Å². The standard InChI is InChI=1S/C17H29NO2/c1-5-6-7-8-9-13(2)18-14(3)16-11-10-15(20-4)12-17(16)19/h10-14,18-19H,5-9H2,1-4H3. The van der Waals surface area contributed by atoms with E-state index in [-0.39, 0.29) is 6.04 Å². The van der Waals surface area contributed by atoms with Gasteiger partial charge in [0.15, 0.2) is 0 Å². The lowest BCUT2D eigenvalue weighted by molar-refractivity contribution is 0.397. The minimum atomic E-state index is 0.141. The van der Waals surface area contributed by atoms with Gasteiger partial charge in [-0.15, -0.1) is 0 Å². The lowest BCUT2D eigenvalue weighted by atomic mass is 10.0. The smallest absolute Gasteiger partial charge is 0.124 e. The van der Waals surface area contributed by atoms with E-state index < -0.39 is 0 Å². The van der Waals surface area contributed by atoms with Crippen LogP contribution in [-0.2, 0) is 0 Å². The van der Waals surface area contributed by atoms with Crippen LogP contribution in [0.3, 0.4) is 0 Å². The van der Waals surface area contributed by atoms with E-state index in [0.29, 0.717) is 17.5 Å². The molecule has 3 heteroatoms. The van der Waals surface area contributed by atoms with E-state index in [1.807, 2.05) is 12.1 Å². The SMILES string of the molecule is CCCCCCC(C)NC(C)c1ccc(OC)cc1O. The summed E-state index contributed by atoms with van der Waals surface area (Å²) in [4.78, 5) is 0. The molecule has 0 aliphatic carbocycles. The first-order valence-electron chi connectivity index (χ1n) is 7.71. The van der Waals surface area contributed by atoms with E-state index >= 15 is 0 Å². The van der Waals surface area contributed by atoms with E-state index in [9.17, 15) is 5.11 Å². The number of methoxy groups -OCH3 is 1. The number of phenols is 1. The quantitative estimate of drug-likeness (QED) is 0.658. The van der Waals surface area contributed by atoms with Gasteiger partial charge in [0.2, 0.25) is 0 Å². The van der Waals surface area contributed by atoms with Crippen LogP contribution in [0, 0.1) is 0 Å². The molecule has 1 rings (SSSR count). The topological polar surface area (TPSA) is 41.5 Å². The number of nitrogens with one attached hydrogen (secondary N) is 1. The van der Waals surface area contributed by atoms with Gasteiger partial charge in [0.1, 0.15) is 11.5 Å². The Balaban J connectivity index is 2.47. The van der Waals surface area contributed by atoms with Crippen molar-refractivity contribution in [1.82, 2.24) is 5.32 Å². The molecule has 0 aliphatic heterocycles. The maximum Gasteiger partial charge on any atom is 0.124 e. The predicted octanol–water partition coefficient (Wildman–Crippen LogP) is 4.41. The number of hydrogen-bond acceptors (Lipinski definition) is 3. The molecule has 0 bridgehead atoms. The molecule has 1 aromatic carbocycles. The summed E-state index contributed by atoms with van der Waals surface area (Å²) in [6.07, 6.45) is 6.36. The lowest BCUT2D eigenvalue weighted by Crippen LogP contribution is -2.28. The lowest BCUT2D eigenvalue weighted by Gasteiger charge is -2.21. The van der Waals surface area contributed by atoms with Gasteiger partial charge in [-0.2, -0.15) is 0 Å². The first-order valence-corrected chi connectivity index (χ1v) is 7.71. The zero-order chi connectivity index (χ0) is 15.0. The molecule has 0 spiro atoms. The highest BCUT2D eigenvalue weighted by molar-refractivity contribution is 5.41. The third-order valence-corrected chi connectivity index (χ3v) is 3.73. The Kier molecular flexibility index (Phi) is 7.45. The fraction of sp³-hybridized carbons (Fsp3) is 0.647. The molecule has 0 heterocycles. The first-order chi connectivity index (χ1) is 9.58. The molecule has 0 saturated carbocycles. The number of benzene rings is 1. The number of unbranched alkanes of at least 4 members (excludes halogenated alkanes) is 3. The van der Waals surface area contributed by atoms with Crippen LogP contribution in [0.1, 0.15) is 64.5 Å². The van der Waals surface area contributed by atoms with Crippen LogP contribution in [0.5, 0.6) is 11.5 Å². The van der Waals surface area contributed by atoms with Crippen LogP contribution in [0.15, 0.2) is 18.2 Å². The van der Waals surface area contributed by atoms with Gasteiger partial charge in [0, 0.05) is 23.7 Å². The maximum absolute atomic E-state index is 10.0. The van der Waals surface area contributed by atoms with E-state index in [1.54, 1.807) is 13.2 Å². The van der Waals surface area contributed by atoms with Crippen LogP contribution in [0.25, 0.3) is 0 Å². The van der Waals surface area contributed by atoms with Crippen molar-refractivity contribution >= 4 is 0 Å². The molecule has 114 valence electrons. The second-order valence-corrected chi connectivity index (χ2v) is 5.56. The van der Waals surface area contributed by atoms with Crippen molar-refractivity contribution in [2.45, 2.75) is 65.0 Å². The van der Waals surface area contributed by atoms with Crippen molar-refractivity contribution in [3.8, 4) is 11.5 Å². The monoisotopic (exact) mass is 279 g/mol. The summed E-state index contributed by atoms with van der Waals surface area (Å²) in [6, 6.07) is 6.08. The molecule has 2 N–H and O–H groups in total. The normalized spacial score (nSPS) is 14.0. The Morgan fingerprint density at radius 2 is 1.95 bits per heavy atom. The molecule has 1 aromatic rings. The van der Waals surface area contributed by atoms with E-state index in [1.165, 1.54) is 32.1 Å². The van der Waals surface area contributed by atoms with Crippen molar-refractivity contribution in [3.63, 3.8) is 0 Å². The summed E-state index contributed by atoms with van der Waals surface area (Å²) in [5.41, 5.74) is 0.922. The average molecular weight is 279 g/mol. The van der Waals surface area contributed by atoms with Crippen LogP contribution in [0.2, 0.25) is 0 Å². The molecule has 3 nitrogen and oxygen atoms in total. The zero-order valence-electron chi connectivity index (χ0n) is 13.3. The molecule has 0 aromatic heterocycles. The summed E-state index contributed by atoms with van der Waals surface area (Å²) in [5.74, 6) is 0.980. The molecule has 2 unspecified atom stereocenters. The predicted molar refractivity (Wildman–Crippen MR) is 84.4 cm³/mol. The second kappa shape index (κ2) is 8.85. The van der Waals surface area contributed by atoms with Gasteiger partial charge >= 0.3 is 0 Å². The highest BCUT2D eigenvalue weighted by Crippen LogP contribution is 2.28. The molecule has 0 amide bonds. The van der Waals surface area contributed by atoms with Gasteiger partial charge in [-0.05, 0) is 26.3 Å². The molecule has 0 saturated heterocycles. The van der Waals surface area contributed by atoms with Gasteiger partial charge < -0.3 is 15.2 Å². The molecular formula is C17H29NO2. The molecule has 0 fully saturated rings. The van der Waals surface area contributed by atoms with Crippen LogP contribution in [0.4, 0.5) is 0 Å². The number of rotatable bonds is 9. The second-order valence-electron chi connectivity index (χ2n) is 5.56. The zero-order valence-corrected chi connectivity index (χ0v) is 13.3. The van der Waals surface area contributed by atoms with Crippen molar-refractivity contribution in [2.24, 2.45) is 0 Å². The number of aromatic hydroxyl groups is 1. The fourth-order valence-electron chi connectivity index (χ4n) is 2.49. The van der Waals surface area contributed by atoms with Gasteiger partial charge in [0.05, 0.1) is 7.11 Å². The largest absolute Gasteiger partial charge is 0.507 e. The molecule has 0 radical (unpaired) electrons. The number of hydrogen-bond donors (Lipinski definition) is 2. The maximum atomic E-state index is 10.0. The summed E-state index contributed by atoms with van der Waals surface area (Å²) in [6.45, 7) is 6.53. The molecular weight excluding hydrogens is 250 g/mol. The Hall–Kier alpha value is -1.22. The Bertz CT molecular complexity index is 393.